The normalized spacial score (nSPS) is 10.6. The fraction of sp³-hybridized carbons (Fsp3) is 0. The Kier molecular flexibility index (Phi) is 2.42. The Morgan fingerprint density at radius 2 is 1.94 bits per heavy atom. The van der Waals surface area contributed by atoms with Gasteiger partial charge in [0.15, 0.2) is 0 Å². The minimum absolute atomic E-state index is 0.531. The van der Waals surface area contributed by atoms with E-state index in [2.05, 4.69) is 39.9 Å². The molecule has 4 heteroatoms. The molecular formula is C13H11N3S. The van der Waals surface area contributed by atoms with Crippen LogP contribution in [-0.4, -0.2) is 4.98 Å². The highest BCUT2D eigenvalue weighted by Crippen LogP contribution is 2.25. The second-order valence-electron chi connectivity index (χ2n) is 3.77. The highest BCUT2D eigenvalue weighted by atomic mass is 32.1. The van der Waals surface area contributed by atoms with Crippen molar-refractivity contribution in [1.82, 2.24) is 4.98 Å². The topological polar surface area (TPSA) is 50.9 Å². The summed E-state index contributed by atoms with van der Waals surface area (Å²) in [6, 6.07) is 12.1. The molecule has 0 unspecified atom stereocenters. The first-order valence-electron chi connectivity index (χ1n) is 5.27. The van der Waals surface area contributed by atoms with E-state index in [0.717, 1.165) is 11.4 Å². The average molecular weight is 241 g/mol. The number of aromatic nitrogens is 1. The monoisotopic (exact) mass is 241 g/mol. The molecule has 0 amide bonds. The third-order valence-corrected chi connectivity index (χ3v) is 3.43. The predicted molar refractivity (Wildman–Crippen MR) is 73.8 cm³/mol. The summed E-state index contributed by atoms with van der Waals surface area (Å²) in [7, 11) is 0. The second-order valence-corrected chi connectivity index (χ2v) is 4.72. The van der Waals surface area contributed by atoms with Crippen molar-refractivity contribution in [2.24, 2.45) is 0 Å². The summed E-state index contributed by atoms with van der Waals surface area (Å²) in [4.78, 5) is 4.04. The molecule has 2 aromatic heterocycles. The Bertz CT molecular complexity index is 643. The maximum Gasteiger partial charge on any atom is 0.123 e. The molecule has 84 valence electrons. The number of nitrogen functional groups attached to an aromatic ring is 1. The molecule has 0 saturated heterocycles. The van der Waals surface area contributed by atoms with Gasteiger partial charge in [-0.2, -0.15) is 0 Å². The van der Waals surface area contributed by atoms with Crippen molar-refractivity contribution in [1.29, 1.82) is 0 Å². The fourth-order valence-electron chi connectivity index (χ4n) is 1.69. The van der Waals surface area contributed by atoms with Crippen LogP contribution in [0.4, 0.5) is 17.2 Å². The molecule has 0 spiro atoms. The molecule has 0 aliphatic heterocycles. The van der Waals surface area contributed by atoms with Gasteiger partial charge >= 0.3 is 0 Å². The van der Waals surface area contributed by atoms with Gasteiger partial charge in [-0.3, -0.25) is 0 Å². The van der Waals surface area contributed by atoms with Crippen LogP contribution >= 0.6 is 11.3 Å². The molecule has 3 nitrogen and oxygen atoms in total. The lowest BCUT2D eigenvalue weighted by Crippen LogP contribution is -1.93. The van der Waals surface area contributed by atoms with Crippen LogP contribution < -0.4 is 11.1 Å². The zero-order valence-corrected chi connectivity index (χ0v) is 9.87. The van der Waals surface area contributed by atoms with Crippen molar-refractivity contribution in [3.63, 3.8) is 0 Å². The summed E-state index contributed by atoms with van der Waals surface area (Å²) in [5.41, 5.74) is 7.54. The molecule has 0 fully saturated rings. The fourth-order valence-corrected chi connectivity index (χ4v) is 2.46. The third-order valence-electron chi connectivity index (χ3n) is 2.53. The lowest BCUT2D eigenvalue weighted by atomic mass is 10.2. The largest absolute Gasteiger partial charge is 0.384 e. The molecule has 0 aliphatic carbocycles. The van der Waals surface area contributed by atoms with Crippen molar-refractivity contribution in [3.05, 3.63) is 48.0 Å². The number of nitrogens with zero attached hydrogens (tertiary/aromatic N) is 1. The van der Waals surface area contributed by atoms with Crippen LogP contribution in [0.3, 0.4) is 0 Å². The van der Waals surface area contributed by atoms with Crippen LogP contribution in [0.2, 0.25) is 0 Å². The third kappa shape index (κ3) is 2.07. The Balaban J connectivity index is 1.91. The number of hydrogen-bond acceptors (Lipinski definition) is 4. The smallest absolute Gasteiger partial charge is 0.123 e. The SMILES string of the molecule is Nc1ccc(Nc2ccc3sccc3c2)cn1. The van der Waals surface area contributed by atoms with Gasteiger partial charge in [0.25, 0.3) is 0 Å². The van der Waals surface area contributed by atoms with Crippen LogP contribution in [0.25, 0.3) is 10.1 Å². The van der Waals surface area contributed by atoms with Gasteiger partial charge in [0.2, 0.25) is 0 Å². The van der Waals surface area contributed by atoms with Crippen molar-refractivity contribution in [2.45, 2.75) is 0 Å². The standard InChI is InChI=1S/C13H11N3S/c14-13-4-2-11(8-15-13)16-10-1-3-12-9(7-10)5-6-17-12/h1-8,16H,(H2,14,15). The van der Waals surface area contributed by atoms with Crippen molar-refractivity contribution in [2.75, 3.05) is 11.1 Å². The number of benzene rings is 1. The summed E-state index contributed by atoms with van der Waals surface area (Å²) in [6.07, 6.45) is 1.73. The summed E-state index contributed by atoms with van der Waals surface area (Å²) >= 11 is 1.75. The summed E-state index contributed by atoms with van der Waals surface area (Å²) < 4.78 is 1.30. The van der Waals surface area contributed by atoms with Gasteiger partial charge in [-0.1, -0.05) is 0 Å². The highest BCUT2D eigenvalue weighted by Gasteiger charge is 1.98. The van der Waals surface area contributed by atoms with Crippen LogP contribution in [0.5, 0.6) is 0 Å². The molecule has 0 bridgehead atoms. The van der Waals surface area contributed by atoms with Gasteiger partial charge in [-0.25, -0.2) is 4.98 Å². The van der Waals surface area contributed by atoms with Gasteiger partial charge in [0.1, 0.15) is 5.82 Å². The quantitative estimate of drug-likeness (QED) is 0.720. The van der Waals surface area contributed by atoms with E-state index in [9.17, 15) is 0 Å². The number of anilines is 3. The first-order valence-corrected chi connectivity index (χ1v) is 6.15. The Hall–Kier alpha value is -2.07. The van der Waals surface area contributed by atoms with E-state index < -0.39 is 0 Å². The first kappa shape index (κ1) is 10.1. The second kappa shape index (κ2) is 4.07. The Labute approximate surface area is 103 Å². The number of nitrogens with two attached hydrogens (primary N) is 1. The van der Waals surface area contributed by atoms with E-state index in [0.29, 0.717) is 5.82 Å². The van der Waals surface area contributed by atoms with E-state index in [1.54, 1.807) is 23.6 Å². The molecule has 1 aromatic carbocycles. The number of hydrogen-bond donors (Lipinski definition) is 2. The minimum Gasteiger partial charge on any atom is -0.384 e. The zero-order chi connectivity index (χ0) is 11.7. The molecule has 3 N–H and O–H groups in total. The van der Waals surface area contributed by atoms with Gasteiger partial charge in [0.05, 0.1) is 11.9 Å². The predicted octanol–water partition coefficient (Wildman–Crippen LogP) is 3.62. The Morgan fingerprint density at radius 1 is 1.06 bits per heavy atom. The lowest BCUT2D eigenvalue weighted by molar-refractivity contribution is 1.33. The number of thiophene rings is 1. The van der Waals surface area contributed by atoms with Crippen molar-refractivity contribution < 1.29 is 0 Å². The molecule has 0 aliphatic rings. The van der Waals surface area contributed by atoms with Crippen LogP contribution in [0, 0.1) is 0 Å². The van der Waals surface area contributed by atoms with Gasteiger partial charge < -0.3 is 11.1 Å². The van der Waals surface area contributed by atoms with Crippen LogP contribution in [-0.2, 0) is 0 Å². The zero-order valence-electron chi connectivity index (χ0n) is 9.05. The van der Waals surface area contributed by atoms with E-state index in [-0.39, 0.29) is 0 Å². The number of nitrogens with one attached hydrogen (secondary N) is 1. The van der Waals surface area contributed by atoms with E-state index in [1.807, 2.05) is 6.07 Å². The molecule has 3 rings (SSSR count). The molecule has 3 aromatic rings. The average Bonchev–Trinajstić information content (AvgIpc) is 2.79. The van der Waals surface area contributed by atoms with Gasteiger partial charge in [-0.15, -0.1) is 11.3 Å². The number of fused-ring (bicyclic) bond motifs is 1. The molecular weight excluding hydrogens is 230 g/mol. The number of pyridine rings is 1. The first-order chi connectivity index (χ1) is 8.31. The molecule has 17 heavy (non-hydrogen) atoms. The van der Waals surface area contributed by atoms with Crippen LogP contribution in [0.15, 0.2) is 48.0 Å². The Morgan fingerprint density at radius 3 is 2.76 bits per heavy atom. The van der Waals surface area contributed by atoms with Gasteiger partial charge in [0, 0.05) is 10.4 Å². The number of rotatable bonds is 2. The van der Waals surface area contributed by atoms with E-state index >= 15 is 0 Å². The van der Waals surface area contributed by atoms with Crippen molar-refractivity contribution in [3.8, 4) is 0 Å². The minimum atomic E-state index is 0.531. The maximum atomic E-state index is 5.54. The van der Waals surface area contributed by atoms with E-state index in [1.165, 1.54) is 10.1 Å². The summed E-state index contributed by atoms with van der Waals surface area (Å²) in [6.45, 7) is 0. The van der Waals surface area contributed by atoms with Crippen molar-refractivity contribution >= 4 is 38.6 Å². The molecule has 0 saturated carbocycles. The highest BCUT2D eigenvalue weighted by molar-refractivity contribution is 7.17. The molecule has 0 radical (unpaired) electrons. The van der Waals surface area contributed by atoms with E-state index in [4.69, 9.17) is 5.73 Å². The molecule has 2 heterocycles. The lowest BCUT2D eigenvalue weighted by Gasteiger charge is -2.06. The van der Waals surface area contributed by atoms with Crippen LogP contribution in [0.1, 0.15) is 0 Å². The summed E-state index contributed by atoms with van der Waals surface area (Å²) in [5.74, 6) is 0.531. The molecule has 0 atom stereocenters. The van der Waals surface area contributed by atoms with Gasteiger partial charge in [-0.05, 0) is 47.2 Å². The maximum absolute atomic E-state index is 5.54. The summed E-state index contributed by atoms with van der Waals surface area (Å²) in [5, 5.41) is 6.65.